The molecule has 122 valence electrons. The van der Waals surface area contributed by atoms with Crippen molar-refractivity contribution in [1.82, 2.24) is 15.0 Å². The van der Waals surface area contributed by atoms with Crippen molar-refractivity contribution in [1.29, 1.82) is 0 Å². The van der Waals surface area contributed by atoms with Crippen molar-refractivity contribution in [3.8, 4) is 22.5 Å². The maximum absolute atomic E-state index is 4.76. The molecule has 4 aromatic rings. The zero-order valence-corrected chi connectivity index (χ0v) is 14.3. The summed E-state index contributed by atoms with van der Waals surface area (Å²) >= 11 is 1.63. The van der Waals surface area contributed by atoms with Gasteiger partial charge in [0.05, 0.1) is 5.39 Å². The zero-order valence-electron chi connectivity index (χ0n) is 13.5. The summed E-state index contributed by atoms with van der Waals surface area (Å²) in [6, 6.07) is 14.2. The number of thiophene rings is 1. The second-order valence-corrected chi connectivity index (χ2v) is 6.36. The second-order valence-electron chi connectivity index (χ2n) is 5.50. The number of anilines is 1. The van der Waals surface area contributed by atoms with Crippen LogP contribution in [-0.2, 0) is 0 Å². The summed E-state index contributed by atoms with van der Waals surface area (Å²) in [5, 5.41) is 6.55. The maximum atomic E-state index is 4.76. The first-order chi connectivity index (χ1) is 12.4. The standard InChI is InChI=1S/C20H16N4S/c1-2-10-22-19-17-16(14-7-4-3-5-8-14)13-25-20(17)24-18(23-19)15-9-6-11-21-12-15/h2-9,11-13H,1,10H2,(H,22,23,24). The molecular formula is C20H16N4S. The minimum atomic E-state index is 0.642. The number of pyridine rings is 1. The Labute approximate surface area is 149 Å². The van der Waals surface area contributed by atoms with Crippen molar-refractivity contribution >= 4 is 27.4 Å². The van der Waals surface area contributed by atoms with Crippen LogP contribution >= 0.6 is 11.3 Å². The molecule has 25 heavy (non-hydrogen) atoms. The first-order valence-corrected chi connectivity index (χ1v) is 8.84. The van der Waals surface area contributed by atoms with Crippen molar-refractivity contribution in [2.24, 2.45) is 0 Å². The Kier molecular flexibility index (Phi) is 4.23. The van der Waals surface area contributed by atoms with E-state index in [4.69, 9.17) is 9.97 Å². The van der Waals surface area contributed by atoms with Gasteiger partial charge in [-0.1, -0.05) is 36.4 Å². The van der Waals surface area contributed by atoms with Crippen LogP contribution < -0.4 is 5.32 Å². The molecular weight excluding hydrogens is 328 g/mol. The molecule has 0 saturated heterocycles. The van der Waals surface area contributed by atoms with Gasteiger partial charge in [-0.15, -0.1) is 17.9 Å². The highest BCUT2D eigenvalue weighted by Gasteiger charge is 2.15. The van der Waals surface area contributed by atoms with E-state index in [1.807, 2.05) is 36.4 Å². The lowest BCUT2D eigenvalue weighted by Gasteiger charge is -2.09. The maximum Gasteiger partial charge on any atom is 0.164 e. The van der Waals surface area contributed by atoms with Crippen LogP contribution in [-0.4, -0.2) is 21.5 Å². The van der Waals surface area contributed by atoms with Crippen LogP contribution in [0.1, 0.15) is 0 Å². The van der Waals surface area contributed by atoms with Gasteiger partial charge in [0.25, 0.3) is 0 Å². The molecule has 1 aromatic carbocycles. The smallest absolute Gasteiger partial charge is 0.164 e. The third-order valence-electron chi connectivity index (χ3n) is 3.85. The molecule has 4 rings (SSSR count). The Hall–Kier alpha value is -3.05. The Morgan fingerprint density at radius 2 is 1.88 bits per heavy atom. The molecule has 4 nitrogen and oxygen atoms in total. The summed E-state index contributed by atoms with van der Waals surface area (Å²) in [6.07, 6.45) is 5.36. The van der Waals surface area contributed by atoms with Crippen LogP contribution in [0.5, 0.6) is 0 Å². The van der Waals surface area contributed by atoms with Gasteiger partial charge < -0.3 is 5.32 Å². The van der Waals surface area contributed by atoms with Gasteiger partial charge in [-0.2, -0.15) is 0 Å². The summed E-state index contributed by atoms with van der Waals surface area (Å²) in [4.78, 5) is 14.7. The molecule has 0 unspecified atom stereocenters. The second kappa shape index (κ2) is 6.83. The highest BCUT2D eigenvalue weighted by molar-refractivity contribution is 7.17. The van der Waals surface area contributed by atoms with E-state index in [9.17, 15) is 0 Å². The van der Waals surface area contributed by atoms with Crippen molar-refractivity contribution in [2.75, 3.05) is 11.9 Å². The van der Waals surface area contributed by atoms with E-state index in [1.54, 1.807) is 23.7 Å². The number of benzene rings is 1. The Morgan fingerprint density at radius 1 is 1.04 bits per heavy atom. The monoisotopic (exact) mass is 344 g/mol. The third-order valence-corrected chi connectivity index (χ3v) is 4.72. The van der Waals surface area contributed by atoms with Gasteiger partial charge in [-0.25, -0.2) is 9.97 Å². The topological polar surface area (TPSA) is 50.7 Å². The first-order valence-electron chi connectivity index (χ1n) is 7.96. The summed E-state index contributed by atoms with van der Waals surface area (Å²) in [5.74, 6) is 1.50. The number of fused-ring (bicyclic) bond motifs is 1. The minimum absolute atomic E-state index is 0.642. The summed E-state index contributed by atoms with van der Waals surface area (Å²) in [6.45, 7) is 4.43. The highest BCUT2D eigenvalue weighted by atomic mass is 32.1. The molecule has 3 heterocycles. The largest absolute Gasteiger partial charge is 0.366 e. The first kappa shape index (κ1) is 15.5. The third kappa shape index (κ3) is 3.02. The van der Waals surface area contributed by atoms with Gasteiger partial charge >= 0.3 is 0 Å². The van der Waals surface area contributed by atoms with Crippen molar-refractivity contribution in [2.45, 2.75) is 0 Å². The van der Waals surface area contributed by atoms with Crippen LogP contribution in [0.3, 0.4) is 0 Å². The number of nitrogens with one attached hydrogen (secondary N) is 1. The minimum Gasteiger partial charge on any atom is -0.366 e. The molecule has 0 aliphatic heterocycles. The van der Waals surface area contributed by atoms with Crippen molar-refractivity contribution < 1.29 is 0 Å². The van der Waals surface area contributed by atoms with E-state index in [-0.39, 0.29) is 0 Å². The van der Waals surface area contributed by atoms with Crippen LogP contribution in [0, 0.1) is 0 Å². The van der Waals surface area contributed by atoms with E-state index in [0.717, 1.165) is 32.7 Å². The Morgan fingerprint density at radius 3 is 2.64 bits per heavy atom. The van der Waals surface area contributed by atoms with Crippen LogP contribution in [0.25, 0.3) is 32.7 Å². The molecule has 0 aliphatic carbocycles. The van der Waals surface area contributed by atoms with Gasteiger partial charge in [0.2, 0.25) is 0 Å². The van der Waals surface area contributed by atoms with E-state index in [1.165, 1.54) is 0 Å². The van der Waals surface area contributed by atoms with Crippen LogP contribution in [0.4, 0.5) is 5.82 Å². The SMILES string of the molecule is C=CCNc1nc(-c2cccnc2)nc2scc(-c3ccccc3)c12. The molecule has 0 atom stereocenters. The number of nitrogens with zero attached hydrogens (tertiary/aromatic N) is 3. The van der Waals surface area contributed by atoms with E-state index < -0.39 is 0 Å². The van der Waals surface area contributed by atoms with E-state index >= 15 is 0 Å². The van der Waals surface area contributed by atoms with Gasteiger partial charge in [-0.3, -0.25) is 4.98 Å². The molecule has 0 saturated carbocycles. The van der Waals surface area contributed by atoms with Gasteiger partial charge in [0.1, 0.15) is 10.6 Å². The average molecular weight is 344 g/mol. The predicted octanol–water partition coefficient (Wildman–Crippen LogP) is 5.02. The summed E-state index contributed by atoms with van der Waals surface area (Å²) < 4.78 is 0. The van der Waals surface area contributed by atoms with Gasteiger partial charge in [-0.05, 0) is 17.7 Å². The quantitative estimate of drug-likeness (QED) is 0.517. The molecule has 0 bridgehead atoms. The lowest BCUT2D eigenvalue weighted by Crippen LogP contribution is -2.03. The molecule has 5 heteroatoms. The molecule has 0 aliphatic rings. The van der Waals surface area contributed by atoms with E-state index in [2.05, 4.69) is 34.4 Å². The Balaban J connectivity index is 1.92. The summed E-state index contributed by atoms with van der Waals surface area (Å²) in [7, 11) is 0. The number of hydrogen-bond acceptors (Lipinski definition) is 5. The molecule has 0 fully saturated rings. The average Bonchev–Trinajstić information content (AvgIpc) is 3.11. The molecule has 0 amide bonds. The van der Waals surface area contributed by atoms with Gasteiger partial charge in [0.15, 0.2) is 5.82 Å². The lowest BCUT2D eigenvalue weighted by molar-refractivity contribution is 1.18. The van der Waals surface area contributed by atoms with Crippen molar-refractivity contribution in [3.05, 3.63) is 72.9 Å². The van der Waals surface area contributed by atoms with Crippen LogP contribution in [0.15, 0.2) is 72.9 Å². The highest BCUT2D eigenvalue weighted by Crippen LogP contribution is 2.37. The number of hydrogen-bond donors (Lipinski definition) is 1. The lowest BCUT2D eigenvalue weighted by atomic mass is 10.1. The summed E-state index contributed by atoms with van der Waals surface area (Å²) in [5.41, 5.74) is 3.21. The fraction of sp³-hybridized carbons (Fsp3) is 0.0500. The Bertz CT molecular complexity index is 1010. The normalized spacial score (nSPS) is 10.7. The number of rotatable bonds is 5. The fourth-order valence-corrected chi connectivity index (χ4v) is 3.64. The van der Waals surface area contributed by atoms with Gasteiger partial charge in [0, 0.05) is 35.4 Å². The molecule has 0 spiro atoms. The van der Waals surface area contributed by atoms with E-state index in [0.29, 0.717) is 12.4 Å². The predicted molar refractivity (Wildman–Crippen MR) is 105 cm³/mol. The van der Waals surface area contributed by atoms with Crippen LogP contribution in [0.2, 0.25) is 0 Å². The zero-order chi connectivity index (χ0) is 17.1. The van der Waals surface area contributed by atoms with Crippen molar-refractivity contribution in [3.63, 3.8) is 0 Å². The number of aromatic nitrogens is 3. The molecule has 1 N–H and O–H groups in total. The molecule has 0 radical (unpaired) electrons. The fourth-order valence-electron chi connectivity index (χ4n) is 2.69. The molecule has 3 aromatic heterocycles.